The van der Waals surface area contributed by atoms with Gasteiger partial charge in [-0.25, -0.2) is 17.8 Å². The largest absolute Gasteiger partial charge is 0.352 e. The summed E-state index contributed by atoms with van der Waals surface area (Å²) >= 11 is 0. The molecule has 0 saturated carbocycles. The molecule has 0 atom stereocenters. The van der Waals surface area contributed by atoms with Gasteiger partial charge >= 0.3 is 0 Å². The van der Waals surface area contributed by atoms with Crippen molar-refractivity contribution in [2.45, 2.75) is 25.4 Å². The number of aromatic nitrogens is 2. The van der Waals surface area contributed by atoms with Crippen molar-refractivity contribution in [1.29, 1.82) is 0 Å². The highest BCUT2D eigenvalue weighted by atomic mass is 127. The zero-order valence-electron chi connectivity index (χ0n) is 18.0. The summed E-state index contributed by atoms with van der Waals surface area (Å²) in [7, 11) is -1.58. The first-order valence-corrected chi connectivity index (χ1v) is 11.8. The van der Waals surface area contributed by atoms with Crippen LogP contribution >= 0.6 is 24.0 Å². The molecule has 0 aliphatic rings. The zero-order valence-corrected chi connectivity index (χ0v) is 21.1. The SMILES string of the molecule is CN=C(NCc1cccc(Cn2ccnc2)c1)NCc1cc(F)ccc1CS(C)(=O)=O.I. The Morgan fingerprint density at radius 1 is 1.09 bits per heavy atom. The lowest BCUT2D eigenvalue weighted by Gasteiger charge is -2.15. The van der Waals surface area contributed by atoms with Crippen molar-refractivity contribution >= 4 is 39.8 Å². The van der Waals surface area contributed by atoms with E-state index in [2.05, 4.69) is 32.7 Å². The van der Waals surface area contributed by atoms with Gasteiger partial charge in [0, 0.05) is 45.3 Å². The fourth-order valence-corrected chi connectivity index (χ4v) is 4.04. The second kappa shape index (κ2) is 12.0. The predicted molar refractivity (Wildman–Crippen MR) is 135 cm³/mol. The van der Waals surface area contributed by atoms with Crippen molar-refractivity contribution in [2.24, 2.45) is 4.99 Å². The van der Waals surface area contributed by atoms with E-state index in [0.29, 0.717) is 23.6 Å². The van der Waals surface area contributed by atoms with Gasteiger partial charge in [0.25, 0.3) is 0 Å². The van der Waals surface area contributed by atoms with Crippen molar-refractivity contribution in [2.75, 3.05) is 13.3 Å². The number of hydrogen-bond acceptors (Lipinski definition) is 4. The molecule has 0 spiro atoms. The Balaban J connectivity index is 0.00000363. The Hall–Kier alpha value is -2.47. The standard InChI is InChI=1S/C22H26FN5O2S.HI/c1-24-22(27-13-20-11-21(23)7-6-19(20)15-31(2,29)30)26-12-17-4-3-5-18(10-17)14-28-9-8-25-16-28;/h3-11,16H,12-15H2,1-2H3,(H2,24,26,27);1H. The number of rotatable bonds is 8. The summed E-state index contributed by atoms with van der Waals surface area (Å²) in [4.78, 5) is 8.26. The van der Waals surface area contributed by atoms with Gasteiger partial charge in [-0.15, -0.1) is 24.0 Å². The minimum absolute atomic E-state index is 0. The van der Waals surface area contributed by atoms with Crippen LogP contribution in [0.5, 0.6) is 0 Å². The molecule has 7 nitrogen and oxygen atoms in total. The van der Waals surface area contributed by atoms with Gasteiger partial charge in [-0.3, -0.25) is 4.99 Å². The molecule has 3 aromatic rings. The third-order valence-corrected chi connectivity index (χ3v) is 5.47. The molecule has 10 heteroatoms. The van der Waals surface area contributed by atoms with E-state index in [4.69, 9.17) is 0 Å². The molecule has 0 radical (unpaired) electrons. The van der Waals surface area contributed by atoms with Gasteiger partial charge in [0.1, 0.15) is 5.82 Å². The second-order valence-electron chi connectivity index (χ2n) is 7.32. The molecule has 1 aromatic heterocycles. The fraction of sp³-hybridized carbons (Fsp3) is 0.273. The number of guanidine groups is 1. The number of nitrogens with one attached hydrogen (secondary N) is 2. The summed E-state index contributed by atoms with van der Waals surface area (Å²) < 4.78 is 39.0. The van der Waals surface area contributed by atoms with Gasteiger partial charge in [-0.1, -0.05) is 30.3 Å². The maximum absolute atomic E-state index is 13.7. The van der Waals surface area contributed by atoms with Crippen molar-refractivity contribution in [3.8, 4) is 0 Å². The summed E-state index contributed by atoms with van der Waals surface area (Å²) in [6, 6.07) is 12.3. The van der Waals surface area contributed by atoms with Crippen LogP contribution in [0.2, 0.25) is 0 Å². The molecular formula is C22H27FIN5O2S. The van der Waals surface area contributed by atoms with E-state index >= 15 is 0 Å². The van der Waals surface area contributed by atoms with Gasteiger partial charge < -0.3 is 15.2 Å². The lowest BCUT2D eigenvalue weighted by Crippen LogP contribution is -2.36. The van der Waals surface area contributed by atoms with Gasteiger partial charge in [0.15, 0.2) is 15.8 Å². The zero-order chi connectivity index (χ0) is 22.3. The van der Waals surface area contributed by atoms with Crippen LogP contribution in [0.15, 0.2) is 66.2 Å². The molecule has 3 rings (SSSR count). The first kappa shape index (κ1) is 25.8. The van der Waals surface area contributed by atoms with Crippen LogP contribution in [-0.2, 0) is 35.2 Å². The highest BCUT2D eigenvalue weighted by molar-refractivity contribution is 14.0. The summed E-state index contributed by atoms with van der Waals surface area (Å²) in [6.07, 6.45) is 6.61. The van der Waals surface area contributed by atoms with Crippen LogP contribution in [0, 0.1) is 5.82 Å². The number of nitrogens with zero attached hydrogens (tertiary/aromatic N) is 3. The molecule has 0 unspecified atom stereocenters. The van der Waals surface area contributed by atoms with E-state index in [1.54, 1.807) is 19.6 Å². The van der Waals surface area contributed by atoms with Crippen molar-refractivity contribution in [3.63, 3.8) is 0 Å². The molecule has 1 heterocycles. The number of hydrogen-bond donors (Lipinski definition) is 2. The Bertz CT molecular complexity index is 1150. The average Bonchev–Trinajstić information content (AvgIpc) is 3.22. The molecule has 0 aliphatic carbocycles. The molecule has 172 valence electrons. The molecule has 0 saturated heterocycles. The quantitative estimate of drug-likeness (QED) is 0.247. The molecule has 2 N–H and O–H groups in total. The minimum Gasteiger partial charge on any atom is -0.352 e. The van der Waals surface area contributed by atoms with Gasteiger partial charge in [0.05, 0.1) is 12.1 Å². The van der Waals surface area contributed by atoms with E-state index in [9.17, 15) is 12.8 Å². The lowest BCUT2D eigenvalue weighted by molar-refractivity contribution is 0.599. The number of halogens is 2. The van der Waals surface area contributed by atoms with E-state index in [1.807, 2.05) is 22.9 Å². The second-order valence-corrected chi connectivity index (χ2v) is 9.46. The van der Waals surface area contributed by atoms with Crippen LogP contribution in [0.3, 0.4) is 0 Å². The summed E-state index contributed by atoms with van der Waals surface area (Å²) in [6.45, 7) is 1.54. The van der Waals surface area contributed by atoms with E-state index in [1.165, 1.54) is 18.2 Å². The van der Waals surface area contributed by atoms with Gasteiger partial charge in [-0.2, -0.15) is 0 Å². The first-order chi connectivity index (χ1) is 14.8. The van der Waals surface area contributed by atoms with E-state index in [0.717, 1.165) is 23.9 Å². The predicted octanol–water partition coefficient (Wildman–Crippen LogP) is 3.10. The highest BCUT2D eigenvalue weighted by Gasteiger charge is 2.11. The monoisotopic (exact) mass is 571 g/mol. The van der Waals surface area contributed by atoms with Crippen molar-refractivity contribution in [3.05, 3.63) is 89.3 Å². The molecule has 0 amide bonds. The van der Waals surface area contributed by atoms with Gasteiger partial charge in [-0.05, 0) is 34.4 Å². The first-order valence-electron chi connectivity index (χ1n) is 9.75. The van der Waals surface area contributed by atoms with Gasteiger partial charge in [0.2, 0.25) is 0 Å². The Labute approximate surface area is 205 Å². The topological polar surface area (TPSA) is 88.4 Å². The smallest absolute Gasteiger partial charge is 0.191 e. The number of imidazole rings is 1. The van der Waals surface area contributed by atoms with Crippen LogP contribution in [0.25, 0.3) is 0 Å². The normalized spacial score (nSPS) is 11.7. The Kier molecular flexibility index (Phi) is 9.63. The molecule has 0 fully saturated rings. The summed E-state index contributed by atoms with van der Waals surface area (Å²) in [5.41, 5.74) is 3.39. The maximum atomic E-state index is 13.7. The van der Waals surface area contributed by atoms with E-state index < -0.39 is 15.7 Å². The van der Waals surface area contributed by atoms with Crippen molar-refractivity contribution in [1.82, 2.24) is 20.2 Å². The number of aliphatic imine (C=N–C) groups is 1. The van der Waals surface area contributed by atoms with Crippen molar-refractivity contribution < 1.29 is 12.8 Å². The molecule has 0 aliphatic heterocycles. The van der Waals surface area contributed by atoms with Crippen LogP contribution in [0.4, 0.5) is 4.39 Å². The Morgan fingerprint density at radius 3 is 2.53 bits per heavy atom. The van der Waals surface area contributed by atoms with Crippen LogP contribution in [-0.4, -0.2) is 37.2 Å². The lowest BCUT2D eigenvalue weighted by atomic mass is 10.1. The maximum Gasteiger partial charge on any atom is 0.191 e. The summed E-state index contributed by atoms with van der Waals surface area (Å²) in [5.74, 6) is -0.0127. The number of benzene rings is 2. The van der Waals surface area contributed by atoms with Crippen LogP contribution in [0.1, 0.15) is 22.3 Å². The molecule has 0 bridgehead atoms. The minimum atomic E-state index is -3.23. The Morgan fingerprint density at radius 2 is 1.84 bits per heavy atom. The third kappa shape index (κ3) is 8.23. The van der Waals surface area contributed by atoms with E-state index in [-0.39, 0.29) is 36.3 Å². The number of sulfone groups is 1. The average molecular weight is 571 g/mol. The highest BCUT2D eigenvalue weighted by Crippen LogP contribution is 2.14. The summed E-state index contributed by atoms with van der Waals surface area (Å²) in [5, 5.41) is 6.36. The third-order valence-electron chi connectivity index (χ3n) is 4.63. The molecule has 32 heavy (non-hydrogen) atoms. The van der Waals surface area contributed by atoms with Crippen LogP contribution < -0.4 is 10.6 Å². The fourth-order valence-electron chi connectivity index (χ4n) is 3.20. The molecule has 2 aromatic carbocycles. The molecular weight excluding hydrogens is 544 g/mol.